The second-order valence-electron chi connectivity index (χ2n) is 4.47. The lowest BCUT2D eigenvalue weighted by Crippen LogP contribution is -2.08. The van der Waals surface area contributed by atoms with E-state index in [2.05, 4.69) is 27.7 Å². The van der Waals surface area contributed by atoms with Gasteiger partial charge in [0.15, 0.2) is 0 Å². The summed E-state index contributed by atoms with van der Waals surface area (Å²) < 4.78 is 15.7. The van der Waals surface area contributed by atoms with Crippen molar-refractivity contribution >= 4 is 39.4 Å². The molecule has 0 radical (unpaired) electrons. The number of allylic oxidation sites excluding steroid dienone is 1. The first kappa shape index (κ1) is 16.0. The number of nitrogens with two attached hydrogens (primary N) is 1. The van der Waals surface area contributed by atoms with E-state index in [0.717, 1.165) is 20.6 Å². The predicted octanol–water partition coefficient (Wildman–Crippen LogP) is 3.53. The molecule has 0 aliphatic rings. The van der Waals surface area contributed by atoms with Crippen molar-refractivity contribution in [1.29, 1.82) is 5.41 Å². The minimum Gasteiger partial charge on any atom is -0.404 e. The van der Waals surface area contributed by atoms with Crippen molar-refractivity contribution in [2.45, 2.75) is 13.3 Å². The van der Waals surface area contributed by atoms with Crippen molar-refractivity contribution in [3.05, 3.63) is 56.8 Å². The topological polar surface area (TPSA) is 67.7 Å². The Bertz CT molecular complexity index is 724. The molecular weight excluding hydrogens is 406 g/mol. The third-order valence-electron chi connectivity index (χ3n) is 2.90. The zero-order valence-electron chi connectivity index (χ0n) is 11.2. The Morgan fingerprint density at radius 3 is 2.81 bits per heavy atom. The molecule has 0 saturated heterocycles. The first-order chi connectivity index (χ1) is 9.92. The van der Waals surface area contributed by atoms with Crippen LogP contribution in [-0.2, 0) is 6.42 Å². The van der Waals surface area contributed by atoms with E-state index in [9.17, 15) is 4.39 Å². The van der Waals surface area contributed by atoms with E-state index in [4.69, 9.17) is 22.7 Å². The quantitative estimate of drug-likeness (QED) is 0.589. The number of aromatic nitrogens is 2. The number of halogens is 3. The number of benzene rings is 1. The Morgan fingerprint density at radius 2 is 2.24 bits per heavy atom. The molecule has 4 nitrogen and oxygen atoms in total. The molecule has 2 aromatic rings. The second kappa shape index (κ2) is 6.57. The molecule has 0 aliphatic heterocycles. The summed E-state index contributed by atoms with van der Waals surface area (Å²) >= 11 is 7.77. The number of aryl methyl sites for hydroxylation is 1. The molecular formula is C14H13ClFIN4. The maximum Gasteiger partial charge on any atom is 0.125 e. The van der Waals surface area contributed by atoms with Gasteiger partial charge in [-0.3, -0.25) is 5.41 Å². The van der Waals surface area contributed by atoms with Crippen LogP contribution in [-0.4, -0.2) is 15.0 Å². The highest BCUT2D eigenvalue weighted by Crippen LogP contribution is 2.22. The highest BCUT2D eigenvalue weighted by molar-refractivity contribution is 14.1. The smallest absolute Gasteiger partial charge is 0.125 e. The summed E-state index contributed by atoms with van der Waals surface area (Å²) in [5.41, 5.74) is 8.44. The fourth-order valence-corrected chi connectivity index (χ4v) is 2.78. The van der Waals surface area contributed by atoms with E-state index in [1.165, 1.54) is 18.3 Å². The van der Waals surface area contributed by atoms with Crippen molar-refractivity contribution in [2.75, 3.05) is 0 Å². The van der Waals surface area contributed by atoms with E-state index in [1.54, 1.807) is 10.7 Å². The minimum atomic E-state index is -0.293. The molecule has 0 fully saturated rings. The summed E-state index contributed by atoms with van der Waals surface area (Å²) in [6.45, 7) is 1.87. The summed E-state index contributed by atoms with van der Waals surface area (Å²) in [7, 11) is 0. The zero-order valence-corrected chi connectivity index (χ0v) is 14.1. The van der Waals surface area contributed by atoms with Crippen LogP contribution < -0.4 is 5.73 Å². The molecule has 0 bridgehead atoms. The standard InChI is InChI=1S/C14H13ClFIN4/c1-8-4-11(5-9(7-18)14(15)19)21(20-8)13-3-2-10(16)6-12(13)17/h2-4,6-7,19H,5,18H2,1H3/b9-7-,19-14?. The Kier molecular flexibility index (Phi) is 5.00. The van der Waals surface area contributed by atoms with Crippen LogP contribution in [0.25, 0.3) is 5.69 Å². The Hall–Kier alpha value is -1.41. The zero-order chi connectivity index (χ0) is 15.6. The summed E-state index contributed by atoms with van der Waals surface area (Å²) in [4.78, 5) is 0. The Morgan fingerprint density at radius 1 is 1.52 bits per heavy atom. The molecule has 3 N–H and O–H groups in total. The average molecular weight is 419 g/mol. The number of nitrogens with one attached hydrogen (secondary N) is 1. The molecule has 0 saturated carbocycles. The van der Waals surface area contributed by atoms with Gasteiger partial charge in [-0.2, -0.15) is 5.10 Å². The van der Waals surface area contributed by atoms with Crippen LogP contribution in [0.1, 0.15) is 11.4 Å². The minimum absolute atomic E-state index is 0.100. The number of hydrogen-bond donors (Lipinski definition) is 2. The van der Waals surface area contributed by atoms with Gasteiger partial charge in [-0.15, -0.1) is 0 Å². The van der Waals surface area contributed by atoms with E-state index in [-0.39, 0.29) is 11.0 Å². The first-order valence-electron chi connectivity index (χ1n) is 6.08. The van der Waals surface area contributed by atoms with Gasteiger partial charge in [0.25, 0.3) is 0 Å². The van der Waals surface area contributed by atoms with Gasteiger partial charge in [0.05, 0.1) is 11.4 Å². The molecule has 0 amide bonds. The van der Waals surface area contributed by atoms with Crippen molar-refractivity contribution in [2.24, 2.45) is 5.73 Å². The lowest BCUT2D eigenvalue weighted by atomic mass is 10.1. The molecule has 0 unspecified atom stereocenters. The first-order valence-corrected chi connectivity index (χ1v) is 7.54. The van der Waals surface area contributed by atoms with Crippen molar-refractivity contribution in [1.82, 2.24) is 9.78 Å². The van der Waals surface area contributed by atoms with Crippen LogP contribution in [0.15, 0.2) is 36.0 Å². The van der Waals surface area contributed by atoms with Gasteiger partial charge in [-0.25, -0.2) is 9.07 Å². The van der Waals surface area contributed by atoms with Gasteiger partial charge in [0, 0.05) is 27.5 Å². The van der Waals surface area contributed by atoms with Crippen LogP contribution in [0.3, 0.4) is 0 Å². The summed E-state index contributed by atoms with van der Waals surface area (Å²) in [6, 6.07) is 6.40. The molecule has 21 heavy (non-hydrogen) atoms. The fourth-order valence-electron chi connectivity index (χ4n) is 1.95. The summed E-state index contributed by atoms with van der Waals surface area (Å²) in [6.07, 6.45) is 1.70. The van der Waals surface area contributed by atoms with Crippen LogP contribution in [0.5, 0.6) is 0 Å². The summed E-state index contributed by atoms with van der Waals surface area (Å²) in [5, 5.41) is 11.8. The average Bonchev–Trinajstić information content (AvgIpc) is 2.76. The van der Waals surface area contributed by atoms with Crippen molar-refractivity contribution in [3.63, 3.8) is 0 Å². The van der Waals surface area contributed by atoms with Crippen molar-refractivity contribution < 1.29 is 4.39 Å². The molecule has 1 aromatic heterocycles. The number of hydrogen-bond acceptors (Lipinski definition) is 3. The van der Waals surface area contributed by atoms with Gasteiger partial charge in [-0.05, 0) is 53.8 Å². The third kappa shape index (κ3) is 3.62. The lowest BCUT2D eigenvalue weighted by Gasteiger charge is -2.10. The summed E-state index contributed by atoms with van der Waals surface area (Å²) in [5.74, 6) is -0.293. The lowest BCUT2D eigenvalue weighted by molar-refractivity contribution is 0.625. The number of rotatable bonds is 4. The highest BCUT2D eigenvalue weighted by atomic mass is 127. The van der Waals surface area contributed by atoms with Gasteiger partial charge in [0.1, 0.15) is 11.0 Å². The third-order valence-corrected chi connectivity index (χ3v) is 4.00. The largest absolute Gasteiger partial charge is 0.404 e. The molecule has 0 spiro atoms. The molecule has 110 valence electrons. The molecule has 1 heterocycles. The van der Waals surface area contributed by atoms with Crippen LogP contribution in [0, 0.1) is 21.7 Å². The molecule has 0 atom stereocenters. The Balaban J connectivity index is 2.48. The Labute approximate surface area is 140 Å². The maximum atomic E-state index is 13.2. The number of nitrogens with zero attached hydrogens (tertiary/aromatic N) is 2. The second-order valence-corrected chi connectivity index (χ2v) is 6.01. The van der Waals surface area contributed by atoms with E-state index in [0.29, 0.717) is 12.0 Å². The SMILES string of the molecule is Cc1cc(C/C(=C/N)C(=N)Cl)n(-c2ccc(F)cc2I)n1. The highest BCUT2D eigenvalue weighted by Gasteiger charge is 2.14. The molecule has 2 rings (SSSR count). The normalized spacial score (nSPS) is 11.7. The predicted molar refractivity (Wildman–Crippen MR) is 90.5 cm³/mol. The monoisotopic (exact) mass is 418 g/mol. The van der Waals surface area contributed by atoms with Gasteiger partial charge in [0.2, 0.25) is 0 Å². The molecule has 0 aliphatic carbocycles. The van der Waals surface area contributed by atoms with Crippen LogP contribution >= 0.6 is 34.2 Å². The van der Waals surface area contributed by atoms with Gasteiger partial charge >= 0.3 is 0 Å². The van der Waals surface area contributed by atoms with Crippen molar-refractivity contribution in [3.8, 4) is 5.69 Å². The molecule has 7 heteroatoms. The van der Waals surface area contributed by atoms with Crippen LogP contribution in [0.2, 0.25) is 0 Å². The van der Waals surface area contributed by atoms with E-state index >= 15 is 0 Å². The fraction of sp³-hybridized carbons (Fsp3) is 0.143. The van der Waals surface area contributed by atoms with Gasteiger partial charge in [-0.1, -0.05) is 11.6 Å². The van der Waals surface area contributed by atoms with Crippen LogP contribution in [0.4, 0.5) is 4.39 Å². The van der Waals surface area contributed by atoms with Gasteiger partial charge < -0.3 is 5.73 Å². The maximum absolute atomic E-state index is 13.2. The molecule has 1 aromatic carbocycles. The van der Waals surface area contributed by atoms with E-state index < -0.39 is 0 Å². The van der Waals surface area contributed by atoms with E-state index in [1.807, 2.05) is 13.0 Å².